The molecule has 0 saturated carbocycles. The summed E-state index contributed by atoms with van der Waals surface area (Å²) in [6, 6.07) is 7.64. The molecule has 0 radical (unpaired) electrons. The first-order valence-electron chi connectivity index (χ1n) is 7.02. The van der Waals surface area contributed by atoms with Gasteiger partial charge >= 0.3 is 0 Å². The second kappa shape index (κ2) is 6.92. The Morgan fingerprint density at radius 2 is 1.33 bits per heavy atom. The van der Waals surface area contributed by atoms with Crippen LogP contribution in [0.5, 0.6) is 0 Å². The van der Waals surface area contributed by atoms with Crippen molar-refractivity contribution in [2.45, 2.75) is 9.79 Å². The monoisotopic (exact) mass is 415 g/mol. The molecule has 0 amide bonds. The first kappa shape index (κ1) is 18.7. The zero-order valence-corrected chi connectivity index (χ0v) is 14.7. The number of rotatable bonds is 6. The Morgan fingerprint density at radius 3 is 1.89 bits per heavy atom. The number of nitrogens with one attached hydrogen (secondary N) is 1. The van der Waals surface area contributed by atoms with Crippen molar-refractivity contribution >= 4 is 31.7 Å². The first-order chi connectivity index (χ1) is 12.7. The van der Waals surface area contributed by atoms with Crippen LogP contribution in [0, 0.1) is 11.6 Å². The Labute approximate surface area is 152 Å². The zero-order chi connectivity index (χ0) is 19.7. The van der Waals surface area contributed by atoms with Crippen LogP contribution in [-0.2, 0) is 20.0 Å². The molecular formula is C14H9F2N4O5S2-. The fourth-order valence-electron chi connectivity index (χ4n) is 1.88. The van der Waals surface area contributed by atoms with Crippen molar-refractivity contribution in [3.05, 3.63) is 64.9 Å². The van der Waals surface area contributed by atoms with Crippen LogP contribution in [0.15, 0.2) is 63.0 Å². The minimum absolute atomic E-state index is 0.306. The van der Waals surface area contributed by atoms with Gasteiger partial charge in [-0.1, -0.05) is 5.16 Å². The van der Waals surface area contributed by atoms with Gasteiger partial charge in [0.15, 0.2) is 5.82 Å². The molecular weight excluding hydrogens is 406 g/mol. The molecule has 3 rings (SSSR count). The van der Waals surface area contributed by atoms with Gasteiger partial charge in [-0.05, 0) is 48.5 Å². The van der Waals surface area contributed by atoms with Gasteiger partial charge in [0.2, 0.25) is 10.0 Å². The van der Waals surface area contributed by atoms with Crippen LogP contribution >= 0.6 is 0 Å². The Kier molecular flexibility index (Phi) is 4.80. The number of benzene rings is 2. The van der Waals surface area contributed by atoms with E-state index in [2.05, 4.69) is 19.7 Å². The maximum absolute atomic E-state index is 12.9. The quantitative estimate of drug-likeness (QED) is 0.654. The molecule has 27 heavy (non-hydrogen) atoms. The average Bonchev–Trinajstić information content (AvgIpc) is 3.01. The highest BCUT2D eigenvalue weighted by molar-refractivity contribution is 7.94. The molecule has 2 aromatic carbocycles. The van der Waals surface area contributed by atoms with E-state index in [1.54, 1.807) is 0 Å². The topological polar surface area (TPSA) is 133 Å². The lowest BCUT2D eigenvalue weighted by Crippen LogP contribution is -2.13. The minimum atomic E-state index is -4.34. The van der Waals surface area contributed by atoms with E-state index < -0.39 is 43.3 Å². The summed E-state index contributed by atoms with van der Waals surface area (Å²) in [5.74, 6) is -2.54. The number of aromatic nitrogens is 2. The summed E-state index contributed by atoms with van der Waals surface area (Å²) < 4.78 is 84.4. The second-order valence-corrected chi connectivity index (χ2v) is 8.30. The van der Waals surface area contributed by atoms with Gasteiger partial charge in [0.25, 0.3) is 10.0 Å². The molecule has 9 nitrogen and oxygen atoms in total. The molecule has 3 aromatic rings. The Hall–Kier alpha value is -3.06. The van der Waals surface area contributed by atoms with Crippen molar-refractivity contribution in [2.24, 2.45) is 0 Å². The molecule has 0 aliphatic heterocycles. The van der Waals surface area contributed by atoms with E-state index in [1.807, 2.05) is 4.72 Å². The van der Waals surface area contributed by atoms with Gasteiger partial charge in [-0.15, -0.1) is 0 Å². The van der Waals surface area contributed by atoms with Gasteiger partial charge in [0.1, 0.15) is 11.6 Å². The smallest absolute Gasteiger partial charge is 0.263 e. The average molecular weight is 415 g/mol. The summed E-state index contributed by atoms with van der Waals surface area (Å²) in [4.78, 5) is -0.654. The number of hydrogen-bond donors (Lipinski definition) is 1. The molecule has 0 spiro atoms. The predicted molar refractivity (Wildman–Crippen MR) is 88.1 cm³/mol. The molecule has 0 saturated heterocycles. The third-order valence-electron chi connectivity index (χ3n) is 3.14. The van der Waals surface area contributed by atoms with Crippen molar-refractivity contribution in [3.63, 3.8) is 0 Å². The summed E-state index contributed by atoms with van der Waals surface area (Å²) in [6.45, 7) is 0. The van der Waals surface area contributed by atoms with Crippen LogP contribution in [0.25, 0.3) is 4.72 Å². The molecule has 0 bridgehead atoms. The third kappa shape index (κ3) is 4.20. The van der Waals surface area contributed by atoms with Gasteiger partial charge in [-0.2, -0.15) is 0 Å². The Balaban J connectivity index is 1.86. The van der Waals surface area contributed by atoms with Crippen molar-refractivity contribution in [1.29, 1.82) is 0 Å². The molecule has 0 fully saturated rings. The van der Waals surface area contributed by atoms with Crippen LogP contribution in [0.2, 0.25) is 0 Å². The van der Waals surface area contributed by atoms with Gasteiger partial charge in [-0.25, -0.2) is 25.6 Å². The highest BCUT2D eigenvalue weighted by Crippen LogP contribution is 2.32. The first-order valence-corrected chi connectivity index (χ1v) is 9.94. The molecule has 0 aliphatic carbocycles. The fourth-order valence-corrected chi connectivity index (χ4v) is 3.81. The predicted octanol–water partition coefficient (Wildman–Crippen LogP) is 2.54. The van der Waals surface area contributed by atoms with E-state index in [-0.39, 0.29) is 9.79 Å². The fraction of sp³-hybridized carbons (Fsp3) is 0. The summed E-state index contributed by atoms with van der Waals surface area (Å²) in [5, 5.41) is 6.51. The van der Waals surface area contributed by atoms with Crippen molar-refractivity contribution < 1.29 is 30.2 Å². The number of hydrogen-bond acceptors (Lipinski definition) is 7. The SMILES string of the molecule is O=S(=O)([N-]c1nonc1NS(=O)(=O)c1ccc(F)cc1)c1ccc(F)cc1. The maximum atomic E-state index is 12.9. The number of sulfonamides is 2. The summed E-state index contributed by atoms with van der Waals surface area (Å²) in [6.07, 6.45) is 0. The zero-order valence-electron chi connectivity index (χ0n) is 13.1. The lowest BCUT2D eigenvalue weighted by atomic mass is 10.4. The summed E-state index contributed by atoms with van der Waals surface area (Å²) in [5.41, 5.74) is 0. The minimum Gasteiger partial charge on any atom is -0.347 e. The molecule has 0 atom stereocenters. The van der Waals surface area contributed by atoms with Crippen molar-refractivity contribution in [3.8, 4) is 0 Å². The van der Waals surface area contributed by atoms with Crippen LogP contribution in [0.3, 0.4) is 0 Å². The van der Waals surface area contributed by atoms with Gasteiger partial charge in [-0.3, -0.25) is 9.88 Å². The van der Waals surface area contributed by atoms with Crippen molar-refractivity contribution in [1.82, 2.24) is 10.3 Å². The van der Waals surface area contributed by atoms with E-state index in [4.69, 9.17) is 0 Å². The highest BCUT2D eigenvalue weighted by atomic mass is 32.2. The second-order valence-electron chi connectivity index (χ2n) is 5.02. The number of nitrogens with zero attached hydrogens (tertiary/aromatic N) is 3. The lowest BCUT2D eigenvalue weighted by Gasteiger charge is -2.13. The highest BCUT2D eigenvalue weighted by Gasteiger charge is 2.19. The maximum Gasteiger partial charge on any atom is 0.263 e. The van der Waals surface area contributed by atoms with Crippen molar-refractivity contribution in [2.75, 3.05) is 4.72 Å². The Morgan fingerprint density at radius 1 is 0.815 bits per heavy atom. The largest absolute Gasteiger partial charge is 0.347 e. The number of anilines is 1. The van der Waals surface area contributed by atoms with E-state index >= 15 is 0 Å². The van der Waals surface area contributed by atoms with Crippen LogP contribution < -0.4 is 4.72 Å². The standard InChI is InChI=1S/C14H9F2N4O5S2/c15-9-1-5-11(6-2-9)26(21,22)19-13-14(18-25-17-13)20-27(23,24)12-7-3-10(16)4-8-12/h1-8H,(H-,17,18,19,20)/q-1. The molecule has 1 aromatic heterocycles. The van der Waals surface area contributed by atoms with E-state index in [1.165, 1.54) is 0 Å². The molecule has 1 N–H and O–H groups in total. The van der Waals surface area contributed by atoms with Crippen LogP contribution in [-0.4, -0.2) is 27.1 Å². The molecule has 142 valence electrons. The van der Waals surface area contributed by atoms with E-state index in [9.17, 15) is 25.6 Å². The summed E-state index contributed by atoms with van der Waals surface area (Å²) >= 11 is 0. The molecule has 0 aliphatic rings. The van der Waals surface area contributed by atoms with Gasteiger partial charge < -0.3 is 9.35 Å². The Bertz CT molecular complexity index is 1070. The van der Waals surface area contributed by atoms with Crippen LogP contribution in [0.4, 0.5) is 20.4 Å². The van der Waals surface area contributed by atoms with E-state index in [0.29, 0.717) is 0 Å². The molecule has 0 unspecified atom stereocenters. The lowest BCUT2D eigenvalue weighted by molar-refractivity contribution is 0.311. The molecule has 13 heteroatoms. The van der Waals surface area contributed by atoms with Gasteiger partial charge in [0, 0.05) is 5.82 Å². The van der Waals surface area contributed by atoms with Crippen LogP contribution in [0.1, 0.15) is 0 Å². The summed E-state index contributed by atoms with van der Waals surface area (Å²) in [7, 11) is -8.57. The normalized spacial score (nSPS) is 11.9. The van der Waals surface area contributed by atoms with E-state index in [0.717, 1.165) is 48.5 Å². The van der Waals surface area contributed by atoms with Gasteiger partial charge in [0.05, 0.1) is 9.79 Å². The third-order valence-corrected chi connectivity index (χ3v) is 5.78. The number of halogens is 2. The molecule has 1 heterocycles.